The number of ether oxygens (including phenoxy) is 1. The first-order chi connectivity index (χ1) is 17.4. The van der Waals surface area contributed by atoms with E-state index in [2.05, 4.69) is 10.4 Å². The largest absolute Gasteiger partial charge is 0.494 e. The lowest BCUT2D eigenvalue weighted by molar-refractivity contribution is 0.0951. The Kier molecular flexibility index (Phi) is 7.48. The van der Waals surface area contributed by atoms with Crippen molar-refractivity contribution < 1.29 is 13.9 Å². The van der Waals surface area contributed by atoms with Crippen molar-refractivity contribution in [1.29, 1.82) is 0 Å². The van der Waals surface area contributed by atoms with Gasteiger partial charge in [0.2, 0.25) is 0 Å². The summed E-state index contributed by atoms with van der Waals surface area (Å²) >= 11 is 0. The molecule has 1 amide bonds. The number of nitrogens with one attached hydrogen (secondary N) is 1. The number of rotatable bonds is 9. The first kappa shape index (κ1) is 24.7. The molecule has 4 rings (SSSR count). The van der Waals surface area contributed by atoms with E-state index in [1.54, 1.807) is 44.7 Å². The van der Waals surface area contributed by atoms with Gasteiger partial charge in [-0.05, 0) is 23.3 Å². The van der Waals surface area contributed by atoms with E-state index < -0.39 is 5.82 Å². The molecule has 4 aromatic rings. The molecule has 0 spiro atoms. The van der Waals surface area contributed by atoms with Crippen LogP contribution in [0.15, 0.2) is 77.9 Å². The van der Waals surface area contributed by atoms with E-state index in [0.717, 1.165) is 11.1 Å². The summed E-state index contributed by atoms with van der Waals surface area (Å²) in [6.45, 7) is 0.973. The number of pyridine rings is 1. The third-order valence-corrected chi connectivity index (χ3v) is 5.73. The van der Waals surface area contributed by atoms with Crippen LogP contribution in [0.5, 0.6) is 5.75 Å². The van der Waals surface area contributed by atoms with Crippen LogP contribution in [0.4, 0.5) is 10.2 Å². The quantitative estimate of drug-likeness (QED) is 0.390. The highest BCUT2D eigenvalue weighted by atomic mass is 19.1. The molecule has 2 heterocycles. The number of hydrogen-bond acceptors (Lipinski definition) is 5. The second-order valence-electron chi connectivity index (χ2n) is 8.56. The first-order valence-electron chi connectivity index (χ1n) is 11.4. The van der Waals surface area contributed by atoms with Gasteiger partial charge in [-0.3, -0.25) is 14.3 Å². The molecule has 0 bridgehead atoms. The molecule has 2 aromatic carbocycles. The summed E-state index contributed by atoms with van der Waals surface area (Å²) < 4.78 is 22.8. The van der Waals surface area contributed by atoms with Gasteiger partial charge >= 0.3 is 0 Å². The molecule has 36 heavy (non-hydrogen) atoms. The summed E-state index contributed by atoms with van der Waals surface area (Å²) in [5.41, 5.74) is 2.68. The molecular formula is C27H28FN5O3. The lowest BCUT2D eigenvalue weighted by Gasteiger charge is -2.12. The smallest absolute Gasteiger partial charge is 0.256 e. The highest BCUT2D eigenvalue weighted by Gasteiger charge is 2.19. The van der Waals surface area contributed by atoms with E-state index in [4.69, 9.17) is 4.74 Å². The fraction of sp³-hybridized carbons (Fsp3) is 0.222. The van der Waals surface area contributed by atoms with Crippen LogP contribution in [0.1, 0.15) is 27.0 Å². The Hall–Kier alpha value is -4.40. The van der Waals surface area contributed by atoms with Crippen molar-refractivity contribution >= 4 is 11.7 Å². The topological polar surface area (TPSA) is 81.4 Å². The van der Waals surface area contributed by atoms with Crippen molar-refractivity contribution in [1.82, 2.24) is 19.7 Å². The summed E-state index contributed by atoms with van der Waals surface area (Å²) in [7, 11) is 5.02. The van der Waals surface area contributed by atoms with Crippen LogP contribution in [0.25, 0.3) is 0 Å². The van der Waals surface area contributed by atoms with E-state index >= 15 is 0 Å². The molecule has 0 saturated heterocycles. The Bertz CT molecular complexity index is 1410. The SMILES string of the molecule is COc1cccc(CNC(=O)c2cn(Cc3ccc(Cn4ccccc4=O)cc3)nc2N(C)C)c1F. The van der Waals surface area contributed by atoms with E-state index in [1.165, 1.54) is 19.2 Å². The molecule has 0 aliphatic rings. The summed E-state index contributed by atoms with van der Waals surface area (Å²) in [6, 6.07) is 17.8. The van der Waals surface area contributed by atoms with Gasteiger partial charge in [-0.25, -0.2) is 4.39 Å². The summed E-state index contributed by atoms with van der Waals surface area (Å²) in [5.74, 6) is -0.204. The van der Waals surface area contributed by atoms with Crippen molar-refractivity contribution in [3.8, 4) is 5.75 Å². The third kappa shape index (κ3) is 5.63. The summed E-state index contributed by atoms with van der Waals surface area (Å²) in [6.07, 6.45) is 3.45. The van der Waals surface area contributed by atoms with Gasteiger partial charge in [-0.2, -0.15) is 5.10 Å². The van der Waals surface area contributed by atoms with Crippen molar-refractivity contribution in [3.05, 3.63) is 111 Å². The van der Waals surface area contributed by atoms with Crippen LogP contribution >= 0.6 is 0 Å². The molecule has 0 aliphatic heterocycles. The molecule has 1 N–H and O–H groups in total. The van der Waals surface area contributed by atoms with Gasteiger partial charge in [0.05, 0.1) is 20.2 Å². The predicted molar refractivity (Wildman–Crippen MR) is 136 cm³/mol. The molecule has 2 aromatic heterocycles. The maximum Gasteiger partial charge on any atom is 0.256 e. The maximum atomic E-state index is 14.4. The monoisotopic (exact) mass is 489 g/mol. The summed E-state index contributed by atoms with van der Waals surface area (Å²) in [5, 5.41) is 7.34. The molecule has 0 unspecified atom stereocenters. The molecular weight excluding hydrogens is 461 g/mol. The predicted octanol–water partition coefficient (Wildman–Crippen LogP) is 3.29. The number of carbonyl (C=O) groups excluding carboxylic acids is 1. The standard InChI is InChI=1S/C27H28FN5O3/c1-31(2)26-22(27(35)29-15-21-7-6-8-23(36-3)25(21)28)18-33(30-26)17-20-12-10-19(11-13-20)16-32-14-5-4-9-24(32)34/h4-14,18H,15-17H2,1-3H3,(H,29,35). The minimum absolute atomic E-state index is 0.0197. The molecule has 0 radical (unpaired) electrons. The molecule has 9 heteroatoms. The Morgan fingerprint density at radius 1 is 1.03 bits per heavy atom. The number of benzene rings is 2. The van der Waals surface area contributed by atoms with Gasteiger partial charge in [0, 0.05) is 44.7 Å². The molecule has 8 nitrogen and oxygen atoms in total. The van der Waals surface area contributed by atoms with Gasteiger partial charge in [0.1, 0.15) is 5.56 Å². The Morgan fingerprint density at radius 3 is 2.42 bits per heavy atom. The average Bonchev–Trinajstić information content (AvgIpc) is 3.30. The van der Waals surface area contributed by atoms with E-state index in [9.17, 15) is 14.0 Å². The zero-order valence-corrected chi connectivity index (χ0v) is 20.4. The molecule has 0 aliphatic carbocycles. The highest BCUT2D eigenvalue weighted by Crippen LogP contribution is 2.21. The van der Waals surface area contributed by atoms with Gasteiger partial charge in [-0.1, -0.05) is 42.5 Å². The number of methoxy groups -OCH3 is 1. The number of hydrogen-bond donors (Lipinski definition) is 1. The number of carbonyl (C=O) groups is 1. The first-order valence-corrected chi connectivity index (χ1v) is 11.4. The Balaban J connectivity index is 1.46. The maximum absolute atomic E-state index is 14.4. The minimum atomic E-state index is -0.496. The van der Waals surface area contributed by atoms with Gasteiger partial charge in [0.25, 0.3) is 11.5 Å². The Morgan fingerprint density at radius 2 is 1.75 bits per heavy atom. The van der Waals surface area contributed by atoms with Crippen molar-refractivity contribution in [2.24, 2.45) is 0 Å². The van der Waals surface area contributed by atoms with Crippen molar-refractivity contribution in [3.63, 3.8) is 0 Å². The Labute approximate surface area is 208 Å². The third-order valence-electron chi connectivity index (χ3n) is 5.73. The van der Waals surface area contributed by atoms with Crippen LogP contribution < -0.4 is 20.5 Å². The zero-order chi connectivity index (χ0) is 25.7. The van der Waals surface area contributed by atoms with Crippen LogP contribution in [-0.4, -0.2) is 41.5 Å². The normalized spacial score (nSPS) is 10.8. The number of aromatic nitrogens is 3. The van der Waals surface area contributed by atoms with Crippen LogP contribution in [0.3, 0.4) is 0 Å². The van der Waals surface area contributed by atoms with Crippen molar-refractivity contribution in [2.75, 3.05) is 26.1 Å². The van der Waals surface area contributed by atoms with Crippen LogP contribution in [0.2, 0.25) is 0 Å². The lowest BCUT2D eigenvalue weighted by Crippen LogP contribution is -2.25. The summed E-state index contributed by atoms with van der Waals surface area (Å²) in [4.78, 5) is 26.6. The highest BCUT2D eigenvalue weighted by molar-refractivity contribution is 5.98. The fourth-order valence-electron chi connectivity index (χ4n) is 3.83. The second kappa shape index (κ2) is 10.9. The molecule has 0 saturated carbocycles. The lowest BCUT2D eigenvalue weighted by atomic mass is 10.1. The van der Waals surface area contributed by atoms with E-state index in [0.29, 0.717) is 30.0 Å². The number of halogens is 1. The van der Waals surface area contributed by atoms with Crippen LogP contribution in [0, 0.1) is 5.82 Å². The zero-order valence-electron chi connectivity index (χ0n) is 20.4. The average molecular weight is 490 g/mol. The second-order valence-corrected chi connectivity index (χ2v) is 8.56. The molecule has 0 fully saturated rings. The molecule has 186 valence electrons. The van der Waals surface area contributed by atoms with Gasteiger partial charge < -0.3 is 19.5 Å². The molecule has 0 atom stereocenters. The fourth-order valence-corrected chi connectivity index (χ4v) is 3.83. The van der Waals surface area contributed by atoms with Crippen LogP contribution in [-0.2, 0) is 19.6 Å². The van der Waals surface area contributed by atoms with E-state index in [1.807, 2.05) is 44.4 Å². The van der Waals surface area contributed by atoms with Gasteiger partial charge in [0.15, 0.2) is 17.4 Å². The number of anilines is 1. The van der Waals surface area contributed by atoms with Crippen molar-refractivity contribution in [2.45, 2.75) is 19.6 Å². The van der Waals surface area contributed by atoms with Gasteiger partial charge in [-0.15, -0.1) is 0 Å². The number of amides is 1. The number of nitrogens with zero attached hydrogens (tertiary/aromatic N) is 4. The van der Waals surface area contributed by atoms with E-state index in [-0.39, 0.29) is 23.8 Å². The minimum Gasteiger partial charge on any atom is -0.494 e.